The van der Waals surface area contributed by atoms with Crippen LogP contribution in [-0.2, 0) is 14.6 Å². The topological polar surface area (TPSA) is 72.5 Å². The van der Waals surface area contributed by atoms with Gasteiger partial charge in [-0.25, -0.2) is 8.42 Å². The van der Waals surface area contributed by atoms with Crippen molar-refractivity contribution in [1.29, 1.82) is 0 Å². The monoisotopic (exact) mass is 359 g/mol. The molecule has 0 aliphatic carbocycles. The second-order valence-electron chi connectivity index (χ2n) is 6.31. The third-order valence-electron chi connectivity index (χ3n) is 3.89. The molecule has 1 aromatic rings. The fourth-order valence-corrected chi connectivity index (χ4v) is 4.85. The van der Waals surface area contributed by atoms with Crippen LogP contribution in [0.25, 0.3) is 0 Å². The molecule has 7 heteroatoms. The highest BCUT2D eigenvalue weighted by molar-refractivity contribution is 7.91. The number of ether oxygens (including phenoxy) is 1. The van der Waals surface area contributed by atoms with Crippen LogP contribution in [0.1, 0.15) is 31.7 Å². The number of aryl methyl sites for hydroxylation is 1. The first-order chi connectivity index (χ1) is 10.7. The number of halogens is 1. The summed E-state index contributed by atoms with van der Waals surface area (Å²) in [5.74, 6) is 0.747. The van der Waals surface area contributed by atoms with Crippen molar-refractivity contribution in [2.24, 2.45) is 0 Å². The number of hydrogen-bond donors (Lipinski definition) is 1. The molecule has 1 heterocycles. The van der Waals surface area contributed by atoms with Crippen LogP contribution in [0.3, 0.4) is 0 Å². The summed E-state index contributed by atoms with van der Waals surface area (Å²) in [5.41, 5.74) is 0.307. The molecule has 1 saturated heterocycles. The van der Waals surface area contributed by atoms with Gasteiger partial charge in [0.2, 0.25) is 5.91 Å². The van der Waals surface area contributed by atoms with Gasteiger partial charge in [0.25, 0.3) is 0 Å². The molecular weight excluding hydrogens is 338 g/mol. The summed E-state index contributed by atoms with van der Waals surface area (Å²) in [4.78, 5) is 11.9. The first-order valence-electron chi connectivity index (χ1n) is 7.60. The third kappa shape index (κ3) is 5.39. The normalized spacial score (nSPS) is 22.7. The van der Waals surface area contributed by atoms with Gasteiger partial charge in [-0.2, -0.15) is 0 Å². The van der Waals surface area contributed by atoms with Crippen LogP contribution in [0, 0.1) is 6.92 Å². The minimum absolute atomic E-state index is 0.0201. The minimum atomic E-state index is -3.02. The lowest BCUT2D eigenvalue weighted by Crippen LogP contribution is -2.46. The molecule has 0 bridgehead atoms. The SMILES string of the molecule is Cc1cc(OCCCC(=O)NC2(C)CCS(=O)(=O)C2)ccc1Cl. The lowest BCUT2D eigenvalue weighted by Gasteiger charge is -2.23. The van der Waals surface area contributed by atoms with E-state index in [9.17, 15) is 13.2 Å². The largest absolute Gasteiger partial charge is 0.494 e. The van der Waals surface area contributed by atoms with Crippen molar-refractivity contribution < 1.29 is 17.9 Å². The van der Waals surface area contributed by atoms with E-state index in [2.05, 4.69) is 5.32 Å². The molecule has 23 heavy (non-hydrogen) atoms. The first kappa shape index (κ1) is 18.1. The van der Waals surface area contributed by atoms with Gasteiger partial charge in [-0.1, -0.05) is 11.6 Å². The molecule has 0 spiro atoms. The molecule has 1 atom stereocenters. The molecule has 1 aliphatic heterocycles. The molecule has 0 radical (unpaired) electrons. The van der Waals surface area contributed by atoms with E-state index >= 15 is 0 Å². The van der Waals surface area contributed by atoms with Gasteiger partial charge in [0, 0.05) is 11.4 Å². The Bertz CT molecular complexity index is 689. The zero-order valence-corrected chi connectivity index (χ0v) is 15.0. The van der Waals surface area contributed by atoms with Gasteiger partial charge in [0.1, 0.15) is 5.75 Å². The highest BCUT2D eigenvalue weighted by Gasteiger charge is 2.39. The molecule has 0 saturated carbocycles. The molecular formula is C16H22ClNO4S. The smallest absolute Gasteiger partial charge is 0.220 e. The van der Waals surface area contributed by atoms with Crippen LogP contribution in [0.2, 0.25) is 5.02 Å². The first-order valence-corrected chi connectivity index (χ1v) is 9.79. The van der Waals surface area contributed by atoms with Crippen LogP contribution in [0.5, 0.6) is 5.75 Å². The maximum absolute atomic E-state index is 11.9. The van der Waals surface area contributed by atoms with E-state index in [0.29, 0.717) is 30.9 Å². The van der Waals surface area contributed by atoms with Gasteiger partial charge >= 0.3 is 0 Å². The van der Waals surface area contributed by atoms with Crippen molar-refractivity contribution in [1.82, 2.24) is 5.32 Å². The molecule has 1 aromatic carbocycles. The summed E-state index contributed by atoms with van der Waals surface area (Å²) in [6.45, 7) is 4.10. The summed E-state index contributed by atoms with van der Waals surface area (Å²) in [5, 5.41) is 3.53. The standard InChI is InChI=1S/C16H22ClNO4S/c1-12-10-13(5-6-14(12)17)22-8-3-4-15(19)18-16(2)7-9-23(20,21)11-16/h5-6,10H,3-4,7-9,11H2,1-2H3,(H,18,19). The van der Waals surface area contributed by atoms with Crippen molar-refractivity contribution in [3.8, 4) is 5.75 Å². The van der Waals surface area contributed by atoms with Gasteiger partial charge in [0.15, 0.2) is 9.84 Å². The molecule has 1 amide bonds. The fourth-order valence-electron chi connectivity index (χ4n) is 2.64. The summed E-state index contributed by atoms with van der Waals surface area (Å²) in [7, 11) is -3.02. The Balaban J connectivity index is 1.72. The predicted octanol–water partition coefficient (Wildman–Crippen LogP) is 2.50. The number of hydrogen-bond acceptors (Lipinski definition) is 4. The van der Waals surface area contributed by atoms with E-state index in [1.165, 1.54) is 0 Å². The summed E-state index contributed by atoms with van der Waals surface area (Å²) in [6.07, 6.45) is 1.35. The minimum Gasteiger partial charge on any atom is -0.494 e. The Hall–Kier alpha value is -1.27. The third-order valence-corrected chi connectivity index (χ3v) is 6.22. The van der Waals surface area contributed by atoms with Gasteiger partial charge in [0.05, 0.1) is 23.7 Å². The van der Waals surface area contributed by atoms with Crippen LogP contribution in [-0.4, -0.2) is 38.0 Å². The van der Waals surface area contributed by atoms with Gasteiger partial charge in [-0.15, -0.1) is 0 Å². The Morgan fingerprint density at radius 2 is 2.17 bits per heavy atom. The van der Waals surface area contributed by atoms with Gasteiger partial charge < -0.3 is 10.1 Å². The number of amides is 1. The lowest BCUT2D eigenvalue weighted by atomic mass is 10.0. The second-order valence-corrected chi connectivity index (χ2v) is 8.91. The summed E-state index contributed by atoms with van der Waals surface area (Å²) < 4.78 is 28.6. The number of rotatable bonds is 6. The van der Waals surface area contributed by atoms with E-state index in [0.717, 1.165) is 11.3 Å². The van der Waals surface area contributed by atoms with E-state index < -0.39 is 15.4 Å². The zero-order valence-electron chi connectivity index (χ0n) is 13.4. The molecule has 0 aromatic heterocycles. The number of sulfone groups is 1. The summed E-state index contributed by atoms with van der Waals surface area (Å²) in [6, 6.07) is 5.42. The molecule has 1 N–H and O–H groups in total. The van der Waals surface area contributed by atoms with Crippen LogP contribution in [0.4, 0.5) is 0 Å². The van der Waals surface area contributed by atoms with Crippen molar-refractivity contribution in [2.45, 2.75) is 38.6 Å². The lowest BCUT2D eigenvalue weighted by molar-refractivity contribution is -0.122. The fraction of sp³-hybridized carbons (Fsp3) is 0.562. The van der Waals surface area contributed by atoms with Crippen molar-refractivity contribution in [3.63, 3.8) is 0 Å². The van der Waals surface area contributed by atoms with E-state index in [1.54, 1.807) is 19.1 Å². The van der Waals surface area contributed by atoms with E-state index in [4.69, 9.17) is 16.3 Å². The van der Waals surface area contributed by atoms with E-state index in [1.807, 2.05) is 13.0 Å². The maximum Gasteiger partial charge on any atom is 0.220 e. The number of benzene rings is 1. The van der Waals surface area contributed by atoms with Gasteiger partial charge in [-0.3, -0.25) is 4.79 Å². The second kappa shape index (κ2) is 7.09. The molecule has 1 fully saturated rings. The molecule has 128 valence electrons. The average Bonchev–Trinajstić information content (AvgIpc) is 2.72. The van der Waals surface area contributed by atoms with Gasteiger partial charge in [-0.05, 0) is 50.5 Å². The maximum atomic E-state index is 11.9. The van der Waals surface area contributed by atoms with Crippen LogP contribution >= 0.6 is 11.6 Å². The predicted molar refractivity (Wildman–Crippen MR) is 90.7 cm³/mol. The Labute approximate surface area is 142 Å². The molecule has 1 unspecified atom stereocenters. The Morgan fingerprint density at radius 1 is 1.43 bits per heavy atom. The van der Waals surface area contributed by atoms with E-state index in [-0.39, 0.29) is 17.4 Å². The molecule has 5 nitrogen and oxygen atoms in total. The van der Waals surface area contributed by atoms with Crippen LogP contribution in [0.15, 0.2) is 18.2 Å². The summed E-state index contributed by atoms with van der Waals surface area (Å²) >= 11 is 5.95. The molecule has 1 aliphatic rings. The highest BCUT2D eigenvalue weighted by Crippen LogP contribution is 2.23. The number of nitrogens with one attached hydrogen (secondary N) is 1. The molecule has 2 rings (SSSR count). The zero-order chi connectivity index (χ0) is 17.1. The number of carbonyl (C=O) groups is 1. The Morgan fingerprint density at radius 3 is 2.78 bits per heavy atom. The highest BCUT2D eigenvalue weighted by atomic mass is 35.5. The number of carbonyl (C=O) groups excluding carboxylic acids is 1. The Kier molecular flexibility index (Phi) is 5.57. The van der Waals surface area contributed by atoms with Crippen molar-refractivity contribution in [3.05, 3.63) is 28.8 Å². The average molecular weight is 360 g/mol. The van der Waals surface area contributed by atoms with Crippen LogP contribution < -0.4 is 10.1 Å². The van der Waals surface area contributed by atoms with Crippen molar-refractivity contribution >= 4 is 27.3 Å². The van der Waals surface area contributed by atoms with Crippen molar-refractivity contribution in [2.75, 3.05) is 18.1 Å². The quantitative estimate of drug-likeness (QED) is 0.792.